The van der Waals surface area contributed by atoms with E-state index in [0.717, 1.165) is 16.8 Å². The molecule has 186 valence electrons. The van der Waals surface area contributed by atoms with E-state index in [1.807, 2.05) is 91.0 Å². The van der Waals surface area contributed by atoms with Crippen molar-refractivity contribution in [3.05, 3.63) is 137 Å². The third-order valence-corrected chi connectivity index (χ3v) is 7.54. The summed E-state index contributed by atoms with van der Waals surface area (Å²) in [6, 6.07) is 36.6. The third kappa shape index (κ3) is 5.41. The van der Waals surface area contributed by atoms with Crippen molar-refractivity contribution in [3.63, 3.8) is 0 Å². The zero-order valence-corrected chi connectivity index (χ0v) is 21.1. The number of nitriles is 1. The molecule has 5 aromatic rings. The summed E-state index contributed by atoms with van der Waals surface area (Å²) in [5.41, 5.74) is 3.58. The number of para-hydroxylation sites is 1. The van der Waals surface area contributed by atoms with Gasteiger partial charge in [0.25, 0.3) is 0 Å². The Balaban J connectivity index is 1.57. The number of ether oxygens (including phenoxy) is 1. The molecule has 0 atom stereocenters. The minimum Gasteiger partial charge on any atom is -0.489 e. The van der Waals surface area contributed by atoms with E-state index in [4.69, 9.17) is 9.84 Å². The average molecular weight is 518 g/mol. The molecular formula is C31H23N3O3S. The Hall–Kier alpha value is -4.93. The molecule has 0 aliphatic rings. The number of rotatable bonds is 8. The Labute approximate surface area is 221 Å². The summed E-state index contributed by atoms with van der Waals surface area (Å²) in [5, 5.41) is 14.6. The fraction of sp³-hybridized carbons (Fsp3) is 0.0323. The molecule has 0 aliphatic heterocycles. The molecule has 0 bridgehead atoms. The van der Waals surface area contributed by atoms with Gasteiger partial charge in [0.05, 0.1) is 10.6 Å². The van der Waals surface area contributed by atoms with Gasteiger partial charge in [-0.25, -0.2) is 13.1 Å². The van der Waals surface area contributed by atoms with Gasteiger partial charge in [-0.15, -0.1) is 0 Å². The quantitative estimate of drug-likeness (QED) is 0.221. The Morgan fingerprint density at radius 3 is 2.21 bits per heavy atom. The van der Waals surface area contributed by atoms with Gasteiger partial charge < -0.3 is 4.74 Å². The number of aromatic nitrogens is 2. The van der Waals surface area contributed by atoms with Gasteiger partial charge in [-0.05, 0) is 48.0 Å². The lowest BCUT2D eigenvalue weighted by Gasteiger charge is -2.08. The van der Waals surface area contributed by atoms with Crippen molar-refractivity contribution >= 4 is 15.9 Å². The number of sulfone groups is 1. The minimum absolute atomic E-state index is 0.0566. The molecule has 0 amide bonds. The number of hydrogen-bond acceptors (Lipinski definition) is 5. The van der Waals surface area contributed by atoms with Crippen LogP contribution < -0.4 is 4.74 Å². The smallest absolute Gasteiger partial charge is 0.216 e. The molecule has 0 saturated carbocycles. The van der Waals surface area contributed by atoms with E-state index in [2.05, 4.69) is 0 Å². The number of hydrogen-bond donors (Lipinski definition) is 0. The standard InChI is InChI=1S/C31H23N3O3S/c32-21-30(38(35,36)29-17-8-3-9-18-29)20-26-22-34(27-14-6-2-7-15-27)33-31(26)25-13-10-16-28(19-25)37-23-24-11-4-1-5-12-24/h1-20,22H,23H2/b30-20-. The van der Waals surface area contributed by atoms with Gasteiger partial charge in [-0.2, -0.15) is 10.4 Å². The third-order valence-electron chi connectivity index (χ3n) is 5.86. The van der Waals surface area contributed by atoms with Crippen molar-refractivity contribution in [2.75, 3.05) is 0 Å². The van der Waals surface area contributed by atoms with Crippen LogP contribution >= 0.6 is 0 Å². The van der Waals surface area contributed by atoms with Crippen LogP contribution in [0.1, 0.15) is 11.1 Å². The van der Waals surface area contributed by atoms with Crippen molar-refractivity contribution in [1.29, 1.82) is 5.26 Å². The molecule has 1 aromatic heterocycles. The van der Waals surface area contributed by atoms with Crippen LogP contribution in [0.3, 0.4) is 0 Å². The second-order valence-corrected chi connectivity index (χ2v) is 10.4. The van der Waals surface area contributed by atoms with Crippen LogP contribution in [-0.2, 0) is 16.4 Å². The van der Waals surface area contributed by atoms with Gasteiger partial charge in [0.2, 0.25) is 9.84 Å². The Kier molecular flexibility index (Phi) is 7.16. The van der Waals surface area contributed by atoms with Crippen molar-refractivity contribution in [3.8, 4) is 28.8 Å². The van der Waals surface area contributed by atoms with Gasteiger partial charge in [0.15, 0.2) is 0 Å². The molecule has 0 fully saturated rings. The monoisotopic (exact) mass is 517 g/mol. The molecule has 6 nitrogen and oxygen atoms in total. The van der Waals surface area contributed by atoms with Crippen LogP contribution in [-0.4, -0.2) is 18.2 Å². The molecule has 5 rings (SSSR count). The van der Waals surface area contributed by atoms with Crippen LogP contribution in [0.5, 0.6) is 5.75 Å². The predicted octanol–water partition coefficient (Wildman–Crippen LogP) is 6.46. The summed E-state index contributed by atoms with van der Waals surface area (Å²) < 4.78 is 34.1. The number of nitrogens with zero attached hydrogens (tertiary/aromatic N) is 3. The molecule has 7 heteroatoms. The van der Waals surface area contributed by atoms with E-state index in [0.29, 0.717) is 23.6 Å². The van der Waals surface area contributed by atoms with Crippen LogP contribution in [0.2, 0.25) is 0 Å². The second-order valence-electron chi connectivity index (χ2n) is 8.45. The average Bonchev–Trinajstić information content (AvgIpc) is 3.40. The molecule has 0 saturated heterocycles. The Bertz CT molecular complexity index is 1720. The summed E-state index contributed by atoms with van der Waals surface area (Å²) in [6.07, 6.45) is 3.10. The Morgan fingerprint density at radius 2 is 1.53 bits per heavy atom. The second kappa shape index (κ2) is 11.0. The molecule has 0 aliphatic carbocycles. The van der Waals surface area contributed by atoms with Crippen LogP contribution in [0.4, 0.5) is 0 Å². The lowest BCUT2D eigenvalue weighted by molar-refractivity contribution is 0.306. The van der Waals surface area contributed by atoms with Crippen LogP contribution in [0.15, 0.2) is 131 Å². The normalized spacial score (nSPS) is 11.6. The highest BCUT2D eigenvalue weighted by Crippen LogP contribution is 2.30. The van der Waals surface area contributed by atoms with Crippen molar-refractivity contribution in [1.82, 2.24) is 9.78 Å². The van der Waals surface area contributed by atoms with Crippen LogP contribution in [0, 0.1) is 11.3 Å². The highest BCUT2D eigenvalue weighted by atomic mass is 32.2. The first-order chi connectivity index (χ1) is 18.5. The first-order valence-electron chi connectivity index (χ1n) is 11.9. The maximum Gasteiger partial charge on any atom is 0.216 e. The van der Waals surface area contributed by atoms with Gasteiger partial charge in [0.1, 0.15) is 29.0 Å². The maximum absolute atomic E-state index is 13.2. The van der Waals surface area contributed by atoms with E-state index >= 15 is 0 Å². The summed E-state index contributed by atoms with van der Waals surface area (Å²) in [5.74, 6) is 0.646. The zero-order valence-electron chi connectivity index (χ0n) is 20.3. The van der Waals surface area contributed by atoms with Gasteiger partial charge in [-0.3, -0.25) is 0 Å². The number of allylic oxidation sites excluding steroid dienone is 1. The molecule has 0 radical (unpaired) electrons. The van der Waals surface area contributed by atoms with Gasteiger partial charge in [0, 0.05) is 17.3 Å². The highest BCUT2D eigenvalue weighted by molar-refractivity contribution is 7.95. The van der Waals surface area contributed by atoms with Crippen LogP contribution in [0.25, 0.3) is 23.0 Å². The zero-order chi connectivity index (χ0) is 26.4. The fourth-order valence-electron chi connectivity index (χ4n) is 3.94. The topological polar surface area (TPSA) is 85.0 Å². The summed E-state index contributed by atoms with van der Waals surface area (Å²) >= 11 is 0. The molecule has 1 heterocycles. The lowest BCUT2D eigenvalue weighted by atomic mass is 10.1. The van der Waals surface area contributed by atoms with E-state index in [1.165, 1.54) is 18.2 Å². The minimum atomic E-state index is -4.01. The molecule has 38 heavy (non-hydrogen) atoms. The molecule has 0 unspecified atom stereocenters. The first kappa shape index (κ1) is 24.8. The van der Waals surface area contributed by atoms with Crippen molar-refractivity contribution in [2.45, 2.75) is 11.5 Å². The van der Waals surface area contributed by atoms with Crippen molar-refractivity contribution in [2.24, 2.45) is 0 Å². The molecule has 4 aromatic carbocycles. The van der Waals surface area contributed by atoms with E-state index in [9.17, 15) is 13.7 Å². The fourth-order valence-corrected chi connectivity index (χ4v) is 5.11. The van der Waals surface area contributed by atoms with Crippen molar-refractivity contribution < 1.29 is 13.2 Å². The predicted molar refractivity (Wildman–Crippen MR) is 147 cm³/mol. The van der Waals surface area contributed by atoms with E-state index < -0.39 is 9.84 Å². The molecular weight excluding hydrogens is 494 g/mol. The van der Waals surface area contributed by atoms with E-state index in [-0.39, 0.29) is 9.80 Å². The van der Waals surface area contributed by atoms with E-state index in [1.54, 1.807) is 29.1 Å². The maximum atomic E-state index is 13.2. The highest BCUT2D eigenvalue weighted by Gasteiger charge is 2.22. The Morgan fingerprint density at radius 1 is 0.868 bits per heavy atom. The summed E-state index contributed by atoms with van der Waals surface area (Å²) in [4.78, 5) is -0.310. The SMILES string of the molecule is N#C/C(=C/c1cn(-c2ccccc2)nc1-c1cccc(OCc2ccccc2)c1)S(=O)(=O)c1ccccc1. The summed E-state index contributed by atoms with van der Waals surface area (Å²) in [6.45, 7) is 0.406. The molecule has 0 spiro atoms. The largest absolute Gasteiger partial charge is 0.489 e. The lowest BCUT2D eigenvalue weighted by Crippen LogP contribution is -2.03. The van der Waals surface area contributed by atoms with Gasteiger partial charge in [-0.1, -0.05) is 78.9 Å². The summed E-state index contributed by atoms with van der Waals surface area (Å²) in [7, 11) is -4.01. The number of benzene rings is 4. The molecule has 0 N–H and O–H groups in total. The van der Waals surface area contributed by atoms with Gasteiger partial charge >= 0.3 is 0 Å². The first-order valence-corrected chi connectivity index (χ1v) is 13.4.